The number of nitrogens with zero attached hydrogens (tertiary/aromatic N) is 3. The van der Waals surface area contributed by atoms with Gasteiger partial charge in [0.25, 0.3) is 0 Å². The summed E-state index contributed by atoms with van der Waals surface area (Å²) in [4.78, 5) is 15.4. The monoisotopic (exact) mass is 673 g/mol. The molecule has 0 radical (unpaired) electrons. The number of aromatic nitrogens is 3. The van der Waals surface area contributed by atoms with Gasteiger partial charge in [0.05, 0.1) is 0 Å². The number of rotatable bonds is 5. The van der Waals surface area contributed by atoms with Crippen molar-refractivity contribution in [3.8, 4) is 56.4 Å². The summed E-state index contributed by atoms with van der Waals surface area (Å²) in [5, 5.41) is 5.05. The van der Waals surface area contributed by atoms with Gasteiger partial charge in [0.2, 0.25) is 0 Å². The number of hydrogen-bond acceptors (Lipinski definition) is 5. The lowest BCUT2D eigenvalue weighted by Crippen LogP contribution is -2.00. The maximum atomic E-state index is 5.16. The summed E-state index contributed by atoms with van der Waals surface area (Å²) in [6.07, 6.45) is 0. The second-order valence-electron chi connectivity index (χ2n) is 12.4. The molecule has 7 aromatic carbocycles. The van der Waals surface area contributed by atoms with E-state index in [9.17, 15) is 0 Å². The molecule has 234 valence electrons. The van der Waals surface area contributed by atoms with Gasteiger partial charge in [-0.3, -0.25) is 0 Å². The van der Waals surface area contributed by atoms with E-state index in [1.807, 2.05) is 28.7 Å². The fourth-order valence-corrected chi connectivity index (χ4v) is 9.13. The molecule has 3 heterocycles. The summed E-state index contributed by atoms with van der Waals surface area (Å²) in [6, 6.07) is 58.0. The SMILES string of the molecule is c1ccc(-c2ccc(-c3nc(-c4cccc(-c5cccc6sc7ccccc7c56)c4)nc(-c4ccc5sc6ccccc6c5c4)n3)cc2)cc1. The molecule has 0 aliphatic rings. The maximum absolute atomic E-state index is 5.16. The number of hydrogen-bond donors (Lipinski definition) is 0. The zero-order chi connectivity index (χ0) is 33.0. The normalized spacial score (nSPS) is 11.6. The Morgan fingerprint density at radius 2 is 0.800 bits per heavy atom. The van der Waals surface area contributed by atoms with E-state index in [1.54, 1.807) is 0 Å². The highest BCUT2D eigenvalue weighted by Gasteiger charge is 2.16. The van der Waals surface area contributed by atoms with Crippen molar-refractivity contribution in [2.24, 2.45) is 0 Å². The zero-order valence-electron chi connectivity index (χ0n) is 26.7. The Morgan fingerprint density at radius 1 is 0.300 bits per heavy atom. The van der Waals surface area contributed by atoms with Gasteiger partial charge >= 0.3 is 0 Å². The van der Waals surface area contributed by atoms with Crippen LogP contribution in [0.3, 0.4) is 0 Å². The molecule has 0 saturated carbocycles. The van der Waals surface area contributed by atoms with E-state index in [0.717, 1.165) is 27.8 Å². The molecule has 50 heavy (non-hydrogen) atoms. The lowest BCUT2D eigenvalue weighted by Gasteiger charge is -2.11. The standard InChI is InChI=1S/C45H27N3S2/c1-2-10-28(11-3-1)29-20-22-30(23-21-29)43-46-44(48-45(47-43)33-24-25-40-37(27-33)35-14-4-6-17-38(35)49-40)32-13-8-12-31(26-32)34-16-9-19-41-42(34)36-15-5-7-18-39(36)50-41/h1-27H. The van der Waals surface area contributed by atoms with Crippen LogP contribution in [-0.4, -0.2) is 15.0 Å². The molecular weight excluding hydrogens is 647 g/mol. The van der Waals surface area contributed by atoms with Crippen LogP contribution in [0.25, 0.3) is 96.8 Å². The molecule has 10 aromatic rings. The van der Waals surface area contributed by atoms with Crippen LogP contribution in [-0.2, 0) is 0 Å². The highest BCUT2D eigenvalue weighted by atomic mass is 32.1. The average molecular weight is 674 g/mol. The minimum atomic E-state index is 0.649. The van der Waals surface area contributed by atoms with Crippen molar-refractivity contribution in [2.75, 3.05) is 0 Å². The highest BCUT2D eigenvalue weighted by Crippen LogP contribution is 2.41. The summed E-state index contributed by atoms with van der Waals surface area (Å²) >= 11 is 3.65. The molecule has 0 bridgehead atoms. The molecule has 5 heteroatoms. The molecule has 0 fully saturated rings. The molecule has 0 N–H and O–H groups in total. The predicted octanol–water partition coefficient (Wildman–Crippen LogP) is 12.9. The maximum Gasteiger partial charge on any atom is 0.164 e. The van der Waals surface area contributed by atoms with Crippen LogP contribution in [0.2, 0.25) is 0 Å². The second-order valence-corrected chi connectivity index (χ2v) is 14.6. The van der Waals surface area contributed by atoms with Crippen molar-refractivity contribution >= 4 is 63.0 Å². The minimum Gasteiger partial charge on any atom is -0.208 e. The average Bonchev–Trinajstić information content (AvgIpc) is 3.76. The van der Waals surface area contributed by atoms with Gasteiger partial charge < -0.3 is 0 Å². The third-order valence-corrected chi connectivity index (χ3v) is 11.6. The van der Waals surface area contributed by atoms with Crippen LogP contribution in [0.1, 0.15) is 0 Å². The lowest BCUT2D eigenvalue weighted by molar-refractivity contribution is 1.07. The summed E-state index contributed by atoms with van der Waals surface area (Å²) in [5.41, 5.74) is 7.55. The Labute approximate surface area is 296 Å². The number of fused-ring (bicyclic) bond motifs is 6. The van der Waals surface area contributed by atoms with Gasteiger partial charge in [-0.15, -0.1) is 22.7 Å². The van der Waals surface area contributed by atoms with E-state index in [-0.39, 0.29) is 0 Å². The highest BCUT2D eigenvalue weighted by molar-refractivity contribution is 7.26. The Bertz CT molecular complexity index is 2870. The quantitative estimate of drug-likeness (QED) is 0.182. The van der Waals surface area contributed by atoms with Crippen LogP contribution in [0.5, 0.6) is 0 Å². The summed E-state index contributed by atoms with van der Waals surface area (Å²) in [7, 11) is 0. The van der Waals surface area contributed by atoms with Gasteiger partial charge in [-0.05, 0) is 64.7 Å². The fourth-order valence-electron chi connectivity index (χ4n) is 6.91. The molecule has 3 aromatic heterocycles. The molecule has 0 aliphatic carbocycles. The first-order chi connectivity index (χ1) is 24.7. The summed E-state index contributed by atoms with van der Waals surface area (Å²) < 4.78 is 5.12. The van der Waals surface area contributed by atoms with Gasteiger partial charge in [0.15, 0.2) is 17.5 Å². The van der Waals surface area contributed by atoms with E-state index in [4.69, 9.17) is 15.0 Å². The Hall–Kier alpha value is -6.01. The molecule has 10 rings (SSSR count). The first-order valence-corrected chi connectivity index (χ1v) is 18.2. The first kappa shape index (κ1) is 29.0. The molecule has 3 nitrogen and oxygen atoms in total. The van der Waals surface area contributed by atoms with E-state index >= 15 is 0 Å². The van der Waals surface area contributed by atoms with Crippen LogP contribution in [0, 0.1) is 0 Å². The van der Waals surface area contributed by atoms with Crippen molar-refractivity contribution < 1.29 is 0 Å². The zero-order valence-corrected chi connectivity index (χ0v) is 28.4. The second kappa shape index (κ2) is 11.8. The first-order valence-electron chi connectivity index (χ1n) is 16.6. The molecule has 0 unspecified atom stereocenters. The van der Waals surface area contributed by atoms with Crippen LogP contribution < -0.4 is 0 Å². The predicted molar refractivity (Wildman–Crippen MR) is 213 cm³/mol. The molecule has 0 aliphatic heterocycles. The summed E-state index contributed by atoms with van der Waals surface area (Å²) in [5.74, 6) is 1.96. The smallest absolute Gasteiger partial charge is 0.164 e. The van der Waals surface area contributed by atoms with Crippen molar-refractivity contribution in [2.45, 2.75) is 0 Å². The number of thiophene rings is 2. The van der Waals surface area contributed by atoms with Crippen molar-refractivity contribution in [3.05, 3.63) is 164 Å². The summed E-state index contributed by atoms with van der Waals surface area (Å²) in [6.45, 7) is 0. The van der Waals surface area contributed by atoms with Gasteiger partial charge in [0, 0.05) is 57.0 Å². The molecular formula is C45H27N3S2. The third kappa shape index (κ3) is 4.98. The van der Waals surface area contributed by atoms with E-state index in [2.05, 4.69) is 158 Å². The third-order valence-electron chi connectivity index (χ3n) is 9.35. The fraction of sp³-hybridized carbons (Fsp3) is 0. The minimum absolute atomic E-state index is 0.649. The van der Waals surface area contributed by atoms with Crippen molar-refractivity contribution in [3.63, 3.8) is 0 Å². The van der Waals surface area contributed by atoms with Gasteiger partial charge in [0.1, 0.15) is 0 Å². The van der Waals surface area contributed by atoms with Crippen molar-refractivity contribution in [1.29, 1.82) is 0 Å². The van der Waals surface area contributed by atoms with Gasteiger partial charge in [-0.25, -0.2) is 15.0 Å². The van der Waals surface area contributed by atoms with Crippen LogP contribution >= 0.6 is 22.7 Å². The van der Waals surface area contributed by atoms with Crippen LogP contribution in [0.4, 0.5) is 0 Å². The largest absolute Gasteiger partial charge is 0.208 e. The topological polar surface area (TPSA) is 38.7 Å². The van der Waals surface area contributed by atoms with E-state index in [0.29, 0.717) is 17.5 Å². The molecule has 0 amide bonds. The molecule has 0 atom stereocenters. The Morgan fingerprint density at radius 3 is 1.60 bits per heavy atom. The molecule has 0 spiro atoms. The van der Waals surface area contributed by atoms with Gasteiger partial charge in [-0.1, -0.05) is 121 Å². The Balaban J connectivity index is 1.14. The lowest BCUT2D eigenvalue weighted by atomic mass is 9.98. The number of benzene rings is 7. The van der Waals surface area contributed by atoms with Crippen molar-refractivity contribution in [1.82, 2.24) is 15.0 Å². The van der Waals surface area contributed by atoms with Crippen LogP contribution in [0.15, 0.2) is 164 Å². The van der Waals surface area contributed by atoms with Gasteiger partial charge in [-0.2, -0.15) is 0 Å². The molecule has 0 saturated heterocycles. The Kier molecular flexibility index (Phi) is 6.86. The van der Waals surface area contributed by atoms with E-state index < -0.39 is 0 Å². The van der Waals surface area contributed by atoms with E-state index in [1.165, 1.54) is 51.5 Å².